The third-order valence-corrected chi connectivity index (χ3v) is 9.44. The lowest BCUT2D eigenvalue weighted by atomic mass is 9.73. The van der Waals surface area contributed by atoms with Crippen molar-refractivity contribution in [1.82, 2.24) is 19.5 Å². The van der Waals surface area contributed by atoms with Crippen LogP contribution in [-0.4, -0.2) is 19.5 Å². The summed E-state index contributed by atoms with van der Waals surface area (Å²) in [7, 11) is 0. The minimum absolute atomic E-state index is 0.237. The first-order valence-corrected chi connectivity index (χ1v) is 16.0. The Morgan fingerprint density at radius 1 is 0.532 bits per heavy atom. The van der Waals surface area contributed by atoms with Crippen molar-refractivity contribution >= 4 is 39.0 Å². The van der Waals surface area contributed by atoms with Gasteiger partial charge in [-0.2, -0.15) is 0 Å². The third kappa shape index (κ3) is 4.27. The number of hydrogen-bond acceptors (Lipinski definition) is 4. The lowest BCUT2D eigenvalue weighted by Crippen LogP contribution is -2.30. The van der Waals surface area contributed by atoms with Crippen LogP contribution in [0.3, 0.4) is 0 Å². The molecule has 224 valence electrons. The van der Waals surface area contributed by atoms with E-state index in [9.17, 15) is 0 Å². The fourth-order valence-electron chi connectivity index (χ4n) is 7.14. The van der Waals surface area contributed by atoms with Gasteiger partial charge in [-0.15, -0.1) is 0 Å². The van der Waals surface area contributed by atoms with E-state index in [0.29, 0.717) is 5.95 Å². The molecule has 1 aliphatic heterocycles. The Balaban J connectivity index is 1.38. The van der Waals surface area contributed by atoms with Crippen molar-refractivity contribution in [2.75, 3.05) is 4.90 Å². The summed E-state index contributed by atoms with van der Waals surface area (Å²) >= 11 is 0. The number of anilines is 3. The van der Waals surface area contributed by atoms with Crippen LogP contribution in [0.1, 0.15) is 25.0 Å². The second-order valence-electron chi connectivity index (χ2n) is 12.6. The number of para-hydroxylation sites is 2. The van der Waals surface area contributed by atoms with Gasteiger partial charge in [0.2, 0.25) is 5.95 Å². The largest absolute Gasteiger partial charge is 0.310 e. The molecule has 5 aromatic carbocycles. The molecule has 5 nitrogen and oxygen atoms in total. The number of rotatable bonds is 4. The first kappa shape index (κ1) is 27.3. The van der Waals surface area contributed by atoms with Crippen molar-refractivity contribution in [2.24, 2.45) is 0 Å². The summed E-state index contributed by atoms with van der Waals surface area (Å²) in [5.74, 6) is 0.611. The Kier molecular flexibility index (Phi) is 6.09. The molecule has 47 heavy (non-hydrogen) atoms. The predicted octanol–water partition coefficient (Wildman–Crippen LogP) is 10.4. The summed E-state index contributed by atoms with van der Waals surface area (Å²) in [4.78, 5) is 17.8. The summed E-state index contributed by atoms with van der Waals surface area (Å²) < 4.78 is 2.19. The normalized spacial score (nSPS) is 13.4. The van der Waals surface area contributed by atoms with Gasteiger partial charge in [0.15, 0.2) is 0 Å². The lowest BCUT2D eigenvalue weighted by molar-refractivity contribution is 0.633. The molecule has 0 atom stereocenters. The van der Waals surface area contributed by atoms with Crippen LogP contribution < -0.4 is 4.90 Å². The fraction of sp³-hybridized carbons (Fsp3) is 0.0714. The summed E-state index contributed by atoms with van der Waals surface area (Å²) in [5, 5.41) is 1.08. The van der Waals surface area contributed by atoms with E-state index in [1.54, 1.807) is 0 Å². The summed E-state index contributed by atoms with van der Waals surface area (Å²) in [6, 6.07) is 50.9. The minimum Gasteiger partial charge on any atom is -0.310 e. The van der Waals surface area contributed by atoms with E-state index >= 15 is 0 Å². The number of pyridine rings is 1. The topological polar surface area (TPSA) is 46.8 Å². The zero-order valence-corrected chi connectivity index (χ0v) is 26.2. The molecule has 5 heteroatoms. The maximum atomic E-state index is 5.24. The van der Waals surface area contributed by atoms with Crippen LogP contribution in [-0.2, 0) is 5.41 Å². The highest BCUT2D eigenvalue weighted by atomic mass is 15.2. The zero-order chi connectivity index (χ0) is 31.5. The van der Waals surface area contributed by atoms with E-state index < -0.39 is 0 Å². The SMILES string of the molecule is CC1(C)c2ccccc2N(c2ccccc2)c2cc3c(cc21)c1ncccc1n3-c1nc(-c2ccccc2)cc(-c2ccccc2)n1. The van der Waals surface area contributed by atoms with Gasteiger partial charge in [-0.25, -0.2) is 9.97 Å². The van der Waals surface area contributed by atoms with E-state index in [1.807, 2.05) is 48.7 Å². The number of aromatic nitrogens is 4. The van der Waals surface area contributed by atoms with Crippen LogP contribution in [0.2, 0.25) is 0 Å². The van der Waals surface area contributed by atoms with Crippen LogP contribution in [0.5, 0.6) is 0 Å². The smallest absolute Gasteiger partial charge is 0.235 e. The standard InChI is InChI=1S/C42H31N5/c1-42(2)32-21-12-13-22-36(32)46(30-19-10-5-11-20-30)39-27-38-31(25-33(39)42)40-37(23-14-24-43-40)47(38)41-44-34(28-15-6-3-7-16-28)26-35(45-41)29-17-8-4-9-18-29/h3-27H,1-2H3. The quantitative estimate of drug-likeness (QED) is 0.200. The first-order valence-electron chi connectivity index (χ1n) is 16.0. The molecular formula is C42H31N5. The second kappa shape index (κ2) is 10.5. The lowest BCUT2D eigenvalue weighted by Gasteiger charge is -2.42. The van der Waals surface area contributed by atoms with E-state index in [1.165, 1.54) is 16.8 Å². The van der Waals surface area contributed by atoms with Crippen LogP contribution in [0, 0.1) is 0 Å². The number of nitrogens with zero attached hydrogens (tertiary/aromatic N) is 5. The van der Waals surface area contributed by atoms with E-state index in [2.05, 4.69) is 126 Å². The highest BCUT2D eigenvalue weighted by Gasteiger charge is 2.38. The van der Waals surface area contributed by atoms with E-state index in [4.69, 9.17) is 15.0 Å². The molecule has 8 aromatic rings. The molecule has 0 bridgehead atoms. The minimum atomic E-state index is -0.237. The molecule has 3 aromatic heterocycles. The maximum Gasteiger partial charge on any atom is 0.235 e. The molecule has 0 saturated carbocycles. The van der Waals surface area contributed by atoms with E-state index in [-0.39, 0.29) is 5.41 Å². The van der Waals surface area contributed by atoms with Gasteiger partial charge in [-0.1, -0.05) is 111 Å². The van der Waals surface area contributed by atoms with Crippen molar-refractivity contribution in [3.8, 4) is 28.5 Å². The number of hydrogen-bond donors (Lipinski definition) is 0. The van der Waals surface area contributed by atoms with Gasteiger partial charge in [-0.05, 0) is 59.7 Å². The number of benzene rings is 5. The Labute approximate surface area is 273 Å². The van der Waals surface area contributed by atoms with Gasteiger partial charge >= 0.3 is 0 Å². The fourth-order valence-corrected chi connectivity index (χ4v) is 7.14. The molecule has 4 heterocycles. The summed E-state index contributed by atoms with van der Waals surface area (Å²) in [5.41, 5.74) is 12.5. The van der Waals surface area contributed by atoms with Crippen LogP contribution in [0.25, 0.3) is 50.4 Å². The molecule has 0 fully saturated rings. The molecule has 0 N–H and O–H groups in total. The van der Waals surface area contributed by atoms with Crippen LogP contribution in [0.4, 0.5) is 17.1 Å². The van der Waals surface area contributed by atoms with Crippen molar-refractivity contribution in [3.05, 3.63) is 163 Å². The summed E-state index contributed by atoms with van der Waals surface area (Å²) in [6.45, 7) is 4.65. The molecule has 9 rings (SSSR count). The second-order valence-corrected chi connectivity index (χ2v) is 12.6. The molecular weight excluding hydrogens is 574 g/mol. The molecule has 1 aliphatic rings. The van der Waals surface area contributed by atoms with Gasteiger partial charge in [0.1, 0.15) is 0 Å². The molecule has 0 aliphatic carbocycles. The van der Waals surface area contributed by atoms with Crippen LogP contribution in [0.15, 0.2) is 152 Å². The Morgan fingerprint density at radius 3 is 1.83 bits per heavy atom. The Hall–Kier alpha value is -6.07. The third-order valence-electron chi connectivity index (χ3n) is 9.44. The van der Waals surface area contributed by atoms with Crippen molar-refractivity contribution in [2.45, 2.75) is 19.3 Å². The highest BCUT2D eigenvalue weighted by Crippen LogP contribution is 2.53. The first-order chi connectivity index (χ1) is 23.1. The molecule has 0 spiro atoms. The maximum absolute atomic E-state index is 5.24. The monoisotopic (exact) mass is 605 g/mol. The van der Waals surface area contributed by atoms with Gasteiger partial charge < -0.3 is 4.90 Å². The van der Waals surface area contributed by atoms with Gasteiger partial charge in [0.05, 0.1) is 39.3 Å². The Bertz CT molecular complexity index is 2370. The van der Waals surface area contributed by atoms with Gasteiger partial charge in [0.25, 0.3) is 0 Å². The van der Waals surface area contributed by atoms with Gasteiger partial charge in [-0.3, -0.25) is 9.55 Å². The Morgan fingerprint density at radius 2 is 1.15 bits per heavy atom. The van der Waals surface area contributed by atoms with Gasteiger partial charge in [0, 0.05) is 33.8 Å². The zero-order valence-electron chi connectivity index (χ0n) is 26.2. The molecule has 0 radical (unpaired) electrons. The number of fused-ring (bicyclic) bond motifs is 5. The van der Waals surface area contributed by atoms with Crippen LogP contribution >= 0.6 is 0 Å². The molecule has 0 amide bonds. The summed E-state index contributed by atoms with van der Waals surface area (Å²) in [6.07, 6.45) is 1.87. The van der Waals surface area contributed by atoms with Crippen molar-refractivity contribution < 1.29 is 0 Å². The average Bonchev–Trinajstić information content (AvgIpc) is 3.45. The van der Waals surface area contributed by atoms with Crippen molar-refractivity contribution in [3.63, 3.8) is 0 Å². The highest BCUT2D eigenvalue weighted by molar-refractivity contribution is 6.09. The van der Waals surface area contributed by atoms with Crippen molar-refractivity contribution in [1.29, 1.82) is 0 Å². The molecule has 0 unspecified atom stereocenters. The molecule has 0 saturated heterocycles. The average molecular weight is 606 g/mol. The van der Waals surface area contributed by atoms with E-state index in [0.717, 1.165) is 55.8 Å². The predicted molar refractivity (Wildman–Crippen MR) is 192 cm³/mol.